The van der Waals surface area contributed by atoms with Crippen molar-refractivity contribution in [3.8, 4) is 5.75 Å². The van der Waals surface area contributed by atoms with Crippen LogP contribution in [0.4, 0.5) is 5.69 Å². The average molecular weight is 388 g/mol. The van der Waals surface area contributed by atoms with E-state index in [4.69, 9.17) is 4.74 Å². The van der Waals surface area contributed by atoms with Crippen molar-refractivity contribution in [1.29, 1.82) is 0 Å². The van der Waals surface area contributed by atoms with Crippen LogP contribution in [-0.4, -0.2) is 34.5 Å². The van der Waals surface area contributed by atoms with Gasteiger partial charge in [0, 0.05) is 25.2 Å². The Morgan fingerprint density at radius 3 is 2.59 bits per heavy atom. The van der Waals surface area contributed by atoms with Crippen LogP contribution in [0.2, 0.25) is 0 Å². The number of nitrogens with one attached hydrogen (secondary N) is 1. The minimum Gasteiger partial charge on any atom is -0.497 e. The first-order valence-corrected chi connectivity index (χ1v) is 10.5. The third-order valence-corrected chi connectivity index (χ3v) is 6.08. The smallest absolute Gasteiger partial charge is 0.240 e. The fourth-order valence-electron chi connectivity index (χ4n) is 3.14. The van der Waals surface area contributed by atoms with Gasteiger partial charge in [-0.1, -0.05) is 12.1 Å². The Balaban J connectivity index is 1.54. The summed E-state index contributed by atoms with van der Waals surface area (Å²) in [6, 6.07) is 14.2. The van der Waals surface area contributed by atoms with Crippen LogP contribution in [0.3, 0.4) is 0 Å². The van der Waals surface area contributed by atoms with Gasteiger partial charge in [0.05, 0.1) is 12.0 Å². The van der Waals surface area contributed by atoms with Crippen LogP contribution < -0.4 is 14.4 Å². The maximum Gasteiger partial charge on any atom is 0.240 e. The first-order valence-electron chi connectivity index (χ1n) is 9.02. The highest BCUT2D eigenvalue weighted by Crippen LogP contribution is 2.23. The number of hydrogen-bond acceptors (Lipinski definition) is 4. The van der Waals surface area contributed by atoms with Gasteiger partial charge in [-0.3, -0.25) is 4.79 Å². The number of sulfonamides is 1. The first kappa shape index (κ1) is 19.4. The van der Waals surface area contributed by atoms with Crippen molar-refractivity contribution < 1.29 is 17.9 Å². The normalized spacial score (nSPS) is 14.6. The summed E-state index contributed by atoms with van der Waals surface area (Å²) in [6.45, 7) is 1.04. The highest BCUT2D eigenvalue weighted by Gasteiger charge is 2.22. The Kier molecular flexibility index (Phi) is 6.13. The van der Waals surface area contributed by atoms with Crippen molar-refractivity contribution in [2.75, 3.05) is 25.1 Å². The molecule has 1 saturated heterocycles. The van der Waals surface area contributed by atoms with Crippen LogP contribution in [0.15, 0.2) is 53.4 Å². The predicted octanol–water partition coefficient (Wildman–Crippen LogP) is 2.73. The number of methoxy groups -OCH3 is 1. The van der Waals surface area contributed by atoms with E-state index in [9.17, 15) is 13.2 Å². The molecular weight excluding hydrogens is 364 g/mol. The number of anilines is 1. The molecule has 1 aliphatic heterocycles. The van der Waals surface area contributed by atoms with Crippen LogP contribution in [0.1, 0.15) is 24.8 Å². The molecule has 0 bridgehead atoms. The quantitative estimate of drug-likeness (QED) is 0.706. The summed E-state index contributed by atoms with van der Waals surface area (Å²) in [6.07, 6.45) is 2.84. The Bertz CT molecular complexity index is 894. The SMILES string of the molecule is COc1cccc(CCCNS(=O)(=O)c2ccc(N3CCCC3=O)cc2)c1. The molecule has 0 radical (unpaired) electrons. The van der Waals surface area contributed by atoms with Crippen molar-refractivity contribution in [1.82, 2.24) is 4.72 Å². The predicted molar refractivity (Wildman–Crippen MR) is 105 cm³/mol. The Morgan fingerprint density at radius 2 is 1.93 bits per heavy atom. The standard InChI is InChI=1S/C20H24N2O4S/c1-26-18-7-2-5-16(15-18)6-3-13-21-27(24,25)19-11-9-17(10-12-19)22-14-4-8-20(22)23/h2,5,7,9-12,15,21H,3-4,6,8,13-14H2,1H3. The topological polar surface area (TPSA) is 75.7 Å². The average Bonchev–Trinajstić information content (AvgIpc) is 3.11. The molecule has 1 heterocycles. The molecule has 0 unspecified atom stereocenters. The van der Waals surface area contributed by atoms with Crippen molar-refractivity contribution in [3.05, 3.63) is 54.1 Å². The molecule has 3 rings (SSSR count). The second-order valence-electron chi connectivity index (χ2n) is 6.50. The van der Waals surface area contributed by atoms with Gasteiger partial charge in [0.25, 0.3) is 0 Å². The maximum atomic E-state index is 12.4. The summed E-state index contributed by atoms with van der Waals surface area (Å²) < 4.78 is 32.7. The lowest BCUT2D eigenvalue weighted by Crippen LogP contribution is -2.26. The molecule has 2 aromatic carbocycles. The molecule has 0 saturated carbocycles. The van der Waals surface area contributed by atoms with Gasteiger partial charge in [0.2, 0.25) is 15.9 Å². The number of amides is 1. The summed E-state index contributed by atoms with van der Waals surface area (Å²) in [7, 11) is -1.94. The third kappa shape index (κ3) is 4.87. The molecular formula is C20H24N2O4S. The highest BCUT2D eigenvalue weighted by atomic mass is 32.2. The molecule has 1 fully saturated rings. The summed E-state index contributed by atoms with van der Waals surface area (Å²) in [5.41, 5.74) is 1.85. The Morgan fingerprint density at radius 1 is 1.15 bits per heavy atom. The van der Waals surface area contributed by atoms with E-state index in [1.165, 1.54) is 0 Å². The second kappa shape index (κ2) is 8.54. The van der Waals surface area contributed by atoms with Gasteiger partial charge >= 0.3 is 0 Å². The molecule has 7 heteroatoms. The first-order chi connectivity index (χ1) is 13.0. The van der Waals surface area contributed by atoms with Crippen LogP contribution in [0, 0.1) is 0 Å². The van der Waals surface area contributed by atoms with Gasteiger partial charge in [0.15, 0.2) is 0 Å². The van der Waals surface area contributed by atoms with Gasteiger partial charge < -0.3 is 9.64 Å². The number of ether oxygens (including phenoxy) is 1. The number of benzene rings is 2. The van der Waals surface area contributed by atoms with Crippen molar-refractivity contribution >= 4 is 21.6 Å². The van der Waals surface area contributed by atoms with Gasteiger partial charge in [-0.05, 0) is 61.2 Å². The van der Waals surface area contributed by atoms with Crippen LogP contribution in [-0.2, 0) is 21.2 Å². The largest absolute Gasteiger partial charge is 0.497 e. The number of nitrogens with zero attached hydrogens (tertiary/aromatic N) is 1. The van der Waals surface area contributed by atoms with E-state index in [1.807, 2.05) is 24.3 Å². The molecule has 27 heavy (non-hydrogen) atoms. The van der Waals surface area contributed by atoms with Gasteiger partial charge in [-0.25, -0.2) is 13.1 Å². The monoisotopic (exact) mass is 388 g/mol. The minimum absolute atomic E-state index is 0.0845. The van der Waals surface area contributed by atoms with E-state index >= 15 is 0 Å². The molecule has 1 amide bonds. The summed E-state index contributed by atoms with van der Waals surface area (Å²) in [4.78, 5) is 13.7. The van der Waals surface area contributed by atoms with Crippen LogP contribution in [0.25, 0.3) is 0 Å². The van der Waals surface area contributed by atoms with E-state index in [0.29, 0.717) is 25.9 Å². The minimum atomic E-state index is -3.56. The van der Waals surface area contributed by atoms with E-state index in [1.54, 1.807) is 36.3 Å². The van der Waals surface area contributed by atoms with Gasteiger partial charge in [-0.15, -0.1) is 0 Å². The third-order valence-electron chi connectivity index (χ3n) is 4.60. The van der Waals surface area contributed by atoms with E-state index in [0.717, 1.165) is 29.8 Å². The lowest BCUT2D eigenvalue weighted by molar-refractivity contribution is -0.117. The number of aryl methyl sites for hydroxylation is 1. The number of carbonyl (C=O) groups is 1. The second-order valence-corrected chi connectivity index (χ2v) is 8.26. The zero-order chi connectivity index (χ0) is 19.3. The molecule has 0 aromatic heterocycles. The van der Waals surface area contributed by atoms with Gasteiger partial charge in [0.1, 0.15) is 5.75 Å². The molecule has 144 valence electrons. The van der Waals surface area contributed by atoms with Crippen LogP contribution in [0.5, 0.6) is 5.75 Å². The van der Waals surface area contributed by atoms with Crippen LogP contribution >= 0.6 is 0 Å². The molecule has 2 aromatic rings. The summed E-state index contributed by atoms with van der Waals surface area (Å²) >= 11 is 0. The molecule has 0 spiro atoms. The number of hydrogen-bond donors (Lipinski definition) is 1. The fraction of sp³-hybridized carbons (Fsp3) is 0.350. The molecule has 0 aliphatic carbocycles. The summed E-state index contributed by atoms with van der Waals surface area (Å²) in [5.74, 6) is 0.880. The highest BCUT2D eigenvalue weighted by molar-refractivity contribution is 7.89. The Hall–Kier alpha value is -2.38. The van der Waals surface area contributed by atoms with Crippen molar-refractivity contribution in [2.24, 2.45) is 0 Å². The van der Waals surface area contributed by atoms with Crippen molar-refractivity contribution in [3.63, 3.8) is 0 Å². The number of rotatable bonds is 8. The molecule has 1 aliphatic rings. The van der Waals surface area contributed by atoms with E-state index < -0.39 is 10.0 Å². The zero-order valence-electron chi connectivity index (χ0n) is 15.3. The van der Waals surface area contributed by atoms with E-state index in [2.05, 4.69) is 4.72 Å². The molecule has 0 atom stereocenters. The van der Waals surface area contributed by atoms with Gasteiger partial charge in [-0.2, -0.15) is 0 Å². The number of carbonyl (C=O) groups excluding carboxylic acids is 1. The van der Waals surface area contributed by atoms with Crippen molar-refractivity contribution in [2.45, 2.75) is 30.6 Å². The lowest BCUT2D eigenvalue weighted by atomic mass is 10.1. The molecule has 6 nitrogen and oxygen atoms in total. The summed E-state index contributed by atoms with van der Waals surface area (Å²) in [5, 5.41) is 0. The lowest BCUT2D eigenvalue weighted by Gasteiger charge is -2.16. The Labute approximate surface area is 160 Å². The van der Waals surface area contributed by atoms with E-state index in [-0.39, 0.29) is 10.8 Å². The maximum absolute atomic E-state index is 12.4. The molecule has 1 N–H and O–H groups in total. The fourth-order valence-corrected chi connectivity index (χ4v) is 4.21. The zero-order valence-corrected chi connectivity index (χ0v) is 16.2.